The lowest BCUT2D eigenvalue weighted by Gasteiger charge is -2.28. The van der Waals surface area contributed by atoms with Crippen molar-refractivity contribution < 1.29 is 9.53 Å². The van der Waals surface area contributed by atoms with Crippen LogP contribution in [0.1, 0.15) is 49.4 Å². The van der Waals surface area contributed by atoms with Crippen molar-refractivity contribution in [3.63, 3.8) is 0 Å². The van der Waals surface area contributed by atoms with E-state index in [1.54, 1.807) is 7.11 Å². The van der Waals surface area contributed by atoms with Gasteiger partial charge in [-0.2, -0.15) is 0 Å². The van der Waals surface area contributed by atoms with Crippen LogP contribution in [0.3, 0.4) is 0 Å². The van der Waals surface area contributed by atoms with E-state index in [2.05, 4.69) is 48.6 Å². The van der Waals surface area contributed by atoms with Crippen LogP contribution in [0.5, 0.6) is 5.75 Å². The molecule has 3 nitrogen and oxygen atoms in total. The van der Waals surface area contributed by atoms with Crippen molar-refractivity contribution in [3.05, 3.63) is 78.4 Å². The van der Waals surface area contributed by atoms with Crippen LogP contribution in [0.25, 0.3) is 32.7 Å². The Labute approximate surface area is 195 Å². The molecule has 168 valence electrons. The first-order chi connectivity index (χ1) is 16.2. The maximum Gasteiger partial charge on any atom is 0.252 e. The molecule has 1 atom stereocenters. The standard InChI is InChI=1S/C30H31NO2/c1-20(21-10-4-3-5-11-21)31-30(32)26-18-16-22-12-6-8-14-24(22)28(26)29-25-15-9-7-13-23(25)17-19-27(29)33-2/h6-9,12-21H,3-5,10-11H2,1-2H3,(H,31,32)/t20-/m0/s1. The van der Waals surface area contributed by atoms with Crippen LogP contribution in [0.15, 0.2) is 72.8 Å². The van der Waals surface area contributed by atoms with Crippen molar-refractivity contribution in [2.24, 2.45) is 5.92 Å². The second-order valence-corrected chi connectivity index (χ2v) is 9.23. The van der Waals surface area contributed by atoms with Crippen LogP contribution >= 0.6 is 0 Å². The average Bonchev–Trinajstić information content (AvgIpc) is 2.87. The van der Waals surface area contributed by atoms with Gasteiger partial charge in [0.1, 0.15) is 5.75 Å². The first kappa shape index (κ1) is 21.5. The fourth-order valence-electron chi connectivity index (χ4n) is 5.45. The fourth-order valence-corrected chi connectivity index (χ4v) is 5.45. The Balaban J connectivity index is 1.68. The molecule has 0 aliphatic heterocycles. The molecule has 3 heteroatoms. The summed E-state index contributed by atoms with van der Waals surface area (Å²) in [5, 5.41) is 7.73. The van der Waals surface area contributed by atoms with Crippen LogP contribution < -0.4 is 10.1 Å². The first-order valence-electron chi connectivity index (χ1n) is 12.1. The number of carbonyl (C=O) groups is 1. The lowest BCUT2D eigenvalue weighted by molar-refractivity contribution is 0.0920. The van der Waals surface area contributed by atoms with Gasteiger partial charge in [0.05, 0.1) is 7.11 Å². The van der Waals surface area contributed by atoms with E-state index in [9.17, 15) is 4.79 Å². The highest BCUT2D eigenvalue weighted by Gasteiger charge is 2.25. The molecule has 0 heterocycles. The van der Waals surface area contributed by atoms with Crippen LogP contribution in [0.4, 0.5) is 0 Å². The van der Waals surface area contributed by atoms with Crippen molar-refractivity contribution in [1.82, 2.24) is 5.32 Å². The molecule has 0 aromatic heterocycles. The minimum Gasteiger partial charge on any atom is -0.496 e. The Morgan fingerprint density at radius 3 is 2.09 bits per heavy atom. The smallest absolute Gasteiger partial charge is 0.252 e. The topological polar surface area (TPSA) is 38.3 Å². The Bertz CT molecular complexity index is 1300. The minimum atomic E-state index is -0.0104. The summed E-state index contributed by atoms with van der Waals surface area (Å²) in [6, 6.07) is 24.9. The Hall–Kier alpha value is -3.33. The Morgan fingerprint density at radius 2 is 1.42 bits per heavy atom. The number of methoxy groups -OCH3 is 1. The summed E-state index contributed by atoms with van der Waals surface area (Å²) < 4.78 is 5.84. The third-order valence-electron chi connectivity index (χ3n) is 7.25. The number of ether oxygens (including phenoxy) is 1. The average molecular weight is 438 g/mol. The van der Waals surface area contributed by atoms with E-state index in [1.807, 2.05) is 36.4 Å². The molecular formula is C30H31NO2. The number of hydrogen-bond acceptors (Lipinski definition) is 2. The molecule has 5 rings (SSSR count). The molecule has 1 saturated carbocycles. The maximum atomic E-state index is 13.7. The number of nitrogens with one attached hydrogen (secondary N) is 1. The fraction of sp³-hybridized carbons (Fsp3) is 0.300. The van der Waals surface area contributed by atoms with Crippen LogP contribution in [-0.4, -0.2) is 19.1 Å². The first-order valence-corrected chi connectivity index (χ1v) is 12.1. The summed E-state index contributed by atoms with van der Waals surface area (Å²) >= 11 is 0. The lowest BCUT2D eigenvalue weighted by Crippen LogP contribution is -2.39. The molecule has 4 aromatic carbocycles. The molecule has 0 radical (unpaired) electrons. The van der Waals surface area contributed by atoms with Gasteiger partial charge in [0.15, 0.2) is 0 Å². The zero-order valence-electron chi connectivity index (χ0n) is 19.4. The molecule has 0 unspecified atom stereocenters. The SMILES string of the molecule is COc1ccc2ccccc2c1-c1c(C(=O)N[C@@H](C)C2CCCCC2)ccc2ccccc12. The molecule has 0 bridgehead atoms. The molecule has 1 aliphatic carbocycles. The van der Waals surface area contributed by atoms with Gasteiger partial charge < -0.3 is 10.1 Å². The Morgan fingerprint density at radius 1 is 0.818 bits per heavy atom. The lowest BCUT2D eigenvalue weighted by atomic mass is 9.84. The number of hydrogen-bond donors (Lipinski definition) is 1. The van der Waals surface area contributed by atoms with E-state index in [-0.39, 0.29) is 11.9 Å². The highest BCUT2D eigenvalue weighted by atomic mass is 16.5. The number of benzene rings is 4. The number of carbonyl (C=O) groups excluding carboxylic acids is 1. The summed E-state index contributed by atoms with van der Waals surface area (Å²) in [5.41, 5.74) is 2.61. The van der Waals surface area contributed by atoms with Crippen molar-refractivity contribution in [1.29, 1.82) is 0 Å². The molecule has 1 N–H and O–H groups in total. The van der Waals surface area contributed by atoms with Crippen molar-refractivity contribution >= 4 is 27.5 Å². The molecule has 4 aromatic rings. The van der Waals surface area contributed by atoms with Gasteiger partial charge in [0.25, 0.3) is 5.91 Å². The minimum absolute atomic E-state index is 0.0104. The number of rotatable bonds is 5. The predicted molar refractivity (Wildman–Crippen MR) is 137 cm³/mol. The summed E-state index contributed by atoms with van der Waals surface area (Å²) in [6.07, 6.45) is 6.23. The van der Waals surface area contributed by atoms with Crippen LogP contribution in [-0.2, 0) is 0 Å². The summed E-state index contributed by atoms with van der Waals surface area (Å²) in [6.45, 7) is 2.16. The van der Waals surface area contributed by atoms with Crippen molar-refractivity contribution in [2.75, 3.05) is 7.11 Å². The summed E-state index contributed by atoms with van der Waals surface area (Å²) in [4.78, 5) is 13.7. The van der Waals surface area contributed by atoms with E-state index >= 15 is 0 Å². The van der Waals surface area contributed by atoms with Gasteiger partial charge in [0.2, 0.25) is 0 Å². The third kappa shape index (κ3) is 4.08. The van der Waals surface area contributed by atoms with Gasteiger partial charge in [-0.1, -0.05) is 79.9 Å². The maximum absolute atomic E-state index is 13.7. The van der Waals surface area contributed by atoms with Gasteiger partial charge in [0, 0.05) is 22.7 Å². The van der Waals surface area contributed by atoms with Gasteiger partial charge in [-0.25, -0.2) is 0 Å². The normalized spacial score (nSPS) is 15.5. The molecule has 0 spiro atoms. The highest BCUT2D eigenvalue weighted by molar-refractivity contribution is 6.15. The highest BCUT2D eigenvalue weighted by Crippen LogP contribution is 2.42. The van der Waals surface area contributed by atoms with Gasteiger partial charge in [-0.05, 0) is 59.4 Å². The monoisotopic (exact) mass is 437 g/mol. The molecular weight excluding hydrogens is 406 g/mol. The third-order valence-corrected chi connectivity index (χ3v) is 7.25. The molecule has 33 heavy (non-hydrogen) atoms. The molecule has 1 amide bonds. The number of fused-ring (bicyclic) bond motifs is 2. The quantitative estimate of drug-likeness (QED) is 0.354. The second-order valence-electron chi connectivity index (χ2n) is 9.23. The Kier molecular flexibility index (Phi) is 6.04. The van der Waals surface area contributed by atoms with E-state index in [0.717, 1.165) is 38.4 Å². The van der Waals surface area contributed by atoms with Crippen LogP contribution in [0.2, 0.25) is 0 Å². The molecule has 0 saturated heterocycles. The summed E-state index contributed by atoms with van der Waals surface area (Å²) in [5.74, 6) is 1.32. The second kappa shape index (κ2) is 9.27. The van der Waals surface area contributed by atoms with E-state index < -0.39 is 0 Å². The van der Waals surface area contributed by atoms with E-state index in [0.29, 0.717) is 11.5 Å². The zero-order valence-corrected chi connectivity index (χ0v) is 19.4. The zero-order chi connectivity index (χ0) is 22.8. The van der Waals surface area contributed by atoms with E-state index in [4.69, 9.17) is 4.74 Å². The van der Waals surface area contributed by atoms with E-state index in [1.165, 1.54) is 32.1 Å². The molecule has 1 fully saturated rings. The molecule has 1 aliphatic rings. The number of amides is 1. The largest absolute Gasteiger partial charge is 0.496 e. The van der Waals surface area contributed by atoms with Crippen molar-refractivity contribution in [2.45, 2.75) is 45.1 Å². The van der Waals surface area contributed by atoms with Gasteiger partial charge in [-0.15, -0.1) is 0 Å². The predicted octanol–water partition coefficient (Wildman–Crippen LogP) is 7.37. The summed E-state index contributed by atoms with van der Waals surface area (Å²) in [7, 11) is 1.70. The van der Waals surface area contributed by atoms with Crippen molar-refractivity contribution in [3.8, 4) is 16.9 Å². The van der Waals surface area contributed by atoms with Crippen LogP contribution in [0, 0.1) is 5.92 Å². The van der Waals surface area contributed by atoms with Gasteiger partial charge in [-0.3, -0.25) is 4.79 Å². The van der Waals surface area contributed by atoms with Gasteiger partial charge >= 0.3 is 0 Å².